The van der Waals surface area contributed by atoms with E-state index in [4.69, 9.17) is 0 Å². The number of hydrogen-bond acceptors (Lipinski definition) is 3. The van der Waals surface area contributed by atoms with Crippen molar-refractivity contribution in [3.8, 4) is 0 Å². The number of benzene rings is 1. The van der Waals surface area contributed by atoms with E-state index < -0.39 is 5.97 Å². The molecular formula is C16H17NO4. The van der Waals surface area contributed by atoms with E-state index in [2.05, 4.69) is 6.92 Å². The smallest absolute Gasteiger partial charge is 0.336 e. The molecule has 2 atom stereocenters. The summed E-state index contributed by atoms with van der Waals surface area (Å²) in [7, 11) is 0. The number of nitrogens with zero attached hydrogens (tertiary/aromatic N) is 1. The first kappa shape index (κ1) is 13.8. The van der Waals surface area contributed by atoms with E-state index in [1.165, 1.54) is 11.0 Å². The zero-order valence-electron chi connectivity index (χ0n) is 11.8. The van der Waals surface area contributed by atoms with Gasteiger partial charge >= 0.3 is 5.97 Å². The molecule has 1 aliphatic carbocycles. The summed E-state index contributed by atoms with van der Waals surface area (Å²) < 4.78 is 0. The molecule has 2 amide bonds. The van der Waals surface area contributed by atoms with Crippen LogP contribution in [-0.2, 0) is 16.1 Å². The Morgan fingerprint density at radius 1 is 1.19 bits per heavy atom. The number of carbonyl (C=O) groups excluding carboxylic acids is 2. The van der Waals surface area contributed by atoms with Gasteiger partial charge < -0.3 is 5.11 Å². The van der Waals surface area contributed by atoms with Crippen LogP contribution in [0, 0.1) is 17.8 Å². The molecule has 1 saturated carbocycles. The average molecular weight is 287 g/mol. The van der Waals surface area contributed by atoms with E-state index in [1.54, 1.807) is 18.2 Å². The molecule has 1 N–H and O–H groups in total. The Bertz CT molecular complexity index is 600. The van der Waals surface area contributed by atoms with Gasteiger partial charge in [-0.15, -0.1) is 0 Å². The van der Waals surface area contributed by atoms with Crippen LogP contribution >= 0.6 is 0 Å². The molecule has 2 aliphatic rings. The van der Waals surface area contributed by atoms with Gasteiger partial charge in [0, 0.05) is 0 Å². The fourth-order valence-electron chi connectivity index (χ4n) is 3.54. The summed E-state index contributed by atoms with van der Waals surface area (Å²) in [5, 5.41) is 9.18. The SMILES string of the molecule is CC1CC2C(=O)N(Cc3ccccc3C(=O)O)C(=O)C2C1. The second-order valence-corrected chi connectivity index (χ2v) is 6.01. The average Bonchev–Trinajstić information content (AvgIpc) is 2.93. The highest BCUT2D eigenvalue weighted by Gasteiger charge is 2.51. The predicted octanol–water partition coefficient (Wildman–Crippen LogP) is 1.92. The molecule has 5 heteroatoms. The highest BCUT2D eigenvalue weighted by Crippen LogP contribution is 2.43. The minimum absolute atomic E-state index is 0.0571. The number of amides is 2. The summed E-state index contributed by atoms with van der Waals surface area (Å²) in [5.74, 6) is -1.34. The zero-order chi connectivity index (χ0) is 15.1. The molecule has 1 aliphatic heterocycles. The number of carbonyl (C=O) groups is 3. The third kappa shape index (κ3) is 2.22. The van der Waals surface area contributed by atoms with Gasteiger partial charge in [0.15, 0.2) is 0 Å². The number of carboxylic acid groups (broad SMARTS) is 1. The fourth-order valence-corrected chi connectivity index (χ4v) is 3.54. The first-order valence-electron chi connectivity index (χ1n) is 7.15. The third-order valence-electron chi connectivity index (χ3n) is 4.54. The Labute approximate surface area is 122 Å². The normalized spacial score (nSPS) is 28.0. The highest BCUT2D eigenvalue weighted by molar-refractivity contribution is 6.05. The number of aromatic carboxylic acids is 1. The summed E-state index contributed by atoms with van der Waals surface area (Å²) in [6.45, 7) is 2.12. The van der Waals surface area contributed by atoms with Gasteiger partial charge in [-0.25, -0.2) is 4.79 Å². The lowest BCUT2D eigenvalue weighted by Gasteiger charge is -2.18. The van der Waals surface area contributed by atoms with Crippen molar-refractivity contribution < 1.29 is 19.5 Å². The number of imide groups is 1. The monoisotopic (exact) mass is 287 g/mol. The second-order valence-electron chi connectivity index (χ2n) is 6.01. The van der Waals surface area contributed by atoms with Crippen molar-refractivity contribution >= 4 is 17.8 Å². The van der Waals surface area contributed by atoms with Crippen LogP contribution in [-0.4, -0.2) is 27.8 Å². The topological polar surface area (TPSA) is 74.7 Å². The molecule has 2 fully saturated rings. The lowest BCUT2D eigenvalue weighted by Crippen LogP contribution is -2.32. The lowest BCUT2D eigenvalue weighted by atomic mass is 10.00. The van der Waals surface area contributed by atoms with Crippen molar-refractivity contribution in [3.05, 3.63) is 35.4 Å². The van der Waals surface area contributed by atoms with E-state index in [9.17, 15) is 19.5 Å². The Hall–Kier alpha value is -2.17. The van der Waals surface area contributed by atoms with Crippen LogP contribution in [0.15, 0.2) is 24.3 Å². The van der Waals surface area contributed by atoms with Crippen molar-refractivity contribution in [1.82, 2.24) is 4.90 Å². The minimum atomic E-state index is -1.04. The summed E-state index contributed by atoms with van der Waals surface area (Å²) >= 11 is 0. The van der Waals surface area contributed by atoms with Gasteiger partial charge in [-0.1, -0.05) is 25.1 Å². The first-order chi connectivity index (χ1) is 9.99. The molecule has 110 valence electrons. The maximum atomic E-state index is 12.4. The molecular weight excluding hydrogens is 270 g/mol. The summed E-state index contributed by atoms with van der Waals surface area (Å²) in [6.07, 6.45) is 1.51. The van der Waals surface area contributed by atoms with Gasteiger partial charge in [0.05, 0.1) is 23.9 Å². The summed E-state index contributed by atoms with van der Waals surface area (Å²) in [5.41, 5.74) is 0.642. The van der Waals surface area contributed by atoms with Gasteiger partial charge in [-0.2, -0.15) is 0 Å². The van der Waals surface area contributed by atoms with Crippen LogP contribution in [0.2, 0.25) is 0 Å². The standard InChI is InChI=1S/C16H17NO4/c1-9-6-12-13(7-9)15(19)17(14(12)18)8-10-4-2-3-5-11(10)16(20)21/h2-5,9,12-13H,6-8H2,1H3,(H,20,21). The van der Waals surface area contributed by atoms with Crippen LogP contribution in [0.3, 0.4) is 0 Å². The number of fused-ring (bicyclic) bond motifs is 1. The van der Waals surface area contributed by atoms with Crippen molar-refractivity contribution in [3.63, 3.8) is 0 Å². The Morgan fingerprint density at radius 2 is 1.76 bits per heavy atom. The van der Waals surface area contributed by atoms with Crippen molar-refractivity contribution in [1.29, 1.82) is 0 Å². The lowest BCUT2D eigenvalue weighted by molar-refractivity contribution is -0.141. The van der Waals surface area contributed by atoms with Gasteiger partial charge in [0.25, 0.3) is 0 Å². The van der Waals surface area contributed by atoms with Gasteiger partial charge in [-0.3, -0.25) is 14.5 Å². The number of likely N-dealkylation sites (tertiary alicyclic amines) is 1. The molecule has 1 aromatic rings. The van der Waals surface area contributed by atoms with Crippen molar-refractivity contribution in [2.24, 2.45) is 17.8 Å². The molecule has 1 saturated heterocycles. The minimum Gasteiger partial charge on any atom is -0.478 e. The van der Waals surface area contributed by atoms with Crippen LogP contribution in [0.4, 0.5) is 0 Å². The van der Waals surface area contributed by atoms with Crippen molar-refractivity contribution in [2.75, 3.05) is 0 Å². The fraction of sp³-hybridized carbons (Fsp3) is 0.438. The van der Waals surface area contributed by atoms with Crippen LogP contribution < -0.4 is 0 Å². The molecule has 0 aromatic heterocycles. The Balaban J connectivity index is 1.85. The summed E-state index contributed by atoms with van der Waals surface area (Å²) in [4.78, 5) is 37.2. The van der Waals surface area contributed by atoms with Crippen LogP contribution in [0.1, 0.15) is 35.7 Å². The molecule has 0 spiro atoms. The largest absolute Gasteiger partial charge is 0.478 e. The molecule has 1 heterocycles. The zero-order valence-corrected chi connectivity index (χ0v) is 11.8. The highest BCUT2D eigenvalue weighted by atomic mass is 16.4. The Morgan fingerprint density at radius 3 is 2.33 bits per heavy atom. The second kappa shape index (κ2) is 4.98. The maximum absolute atomic E-state index is 12.4. The molecule has 1 aromatic carbocycles. The Kier molecular flexibility index (Phi) is 3.27. The van der Waals surface area contributed by atoms with Crippen LogP contribution in [0.25, 0.3) is 0 Å². The quantitative estimate of drug-likeness (QED) is 0.862. The molecule has 0 bridgehead atoms. The van der Waals surface area contributed by atoms with Crippen LogP contribution in [0.5, 0.6) is 0 Å². The van der Waals surface area contributed by atoms with E-state index in [1.807, 2.05) is 0 Å². The number of hydrogen-bond donors (Lipinski definition) is 1. The third-order valence-corrected chi connectivity index (χ3v) is 4.54. The number of rotatable bonds is 3. The number of carboxylic acids is 1. The van der Waals surface area contributed by atoms with E-state index >= 15 is 0 Å². The molecule has 3 rings (SSSR count). The van der Waals surface area contributed by atoms with E-state index in [0.29, 0.717) is 11.5 Å². The van der Waals surface area contributed by atoms with Crippen molar-refractivity contribution in [2.45, 2.75) is 26.3 Å². The van der Waals surface area contributed by atoms with Gasteiger partial charge in [-0.05, 0) is 30.4 Å². The molecule has 21 heavy (non-hydrogen) atoms. The molecule has 2 unspecified atom stereocenters. The van der Waals surface area contributed by atoms with Gasteiger partial charge in [0.1, 0.15) is 0 Å². The summed E-state index contributed by atoms with van der Waals surface area (Å²) in [6, 6.07) is 6.50. The predicted molar refractivity (Wildman–Crippen MR) is 74.3 cm³/mol. The van der Waals surface area contributed by atoms with E-state index in [0.717, 1.165) is 12.8 Å². The van der Waals surface area contributed by atoms with E-state index in [-0.39, 0.29) is 35.8 Å². The molecule has 0 radical (unpaired) electrons. The maximum Gasteiger partial charge on any atom is 0.336 e. The molecule has 5 nitrogen and oxygen atoms in total. The first-order valence-corrected chi connectivity index (χ1v) is 7.15. The van der Waals surface area contributed by atoms with Gasteiger partial charge in [0.2, 0.25) is 11.8 Å².